The van der Waals surface area contributed by atoms with Gasteiger partial charge >= 0.3 is 6.18 Å². The first-order chi connectivity index (χ1) is 10.3. The number of benzene rings is 1. The number of alkyl halides is 3. The van der Waals surface area contributed by atoms with Gasteiger partial charge in [0.05, 0.1) is 11.7 Å². The summed E-state index contributed by atoms with van der Waals surface area (Å²) in [6.45, 7) is 0. The largest absolute Gasteiger partial charge is 0.416 e. The Morgan fingerprint density at radius 1 is 1.36 bits per heavy atom. The number of nitrogens with one attached hydrogen (secondary N) is 1. The van der Waals surface area contributed by atoms with Crippen molar-refractivity contribution in [1.29, 1.82) is 0 Å². The van der Waals surface area contributed by atoms with Crippen LogP contribution in [0.2, 0.25) is 0 Å². The smallest absolute Gasteiger partial charge is 0.387 e. The molecular formula is C15H16F4N2O. The van der Waals surface area contributed by atoms with Gasteiger partial charge in [0, 0.05) is 24.6 Å². The van der Waals surface area contributed by atoms with Gasteiger partial charge in [-0.3, -0.25) is 0 Å². The molecule has 22 heavy (non-hydrogen) atoms. The molecule has 0 aromatic heterocycles. The quantitative estimate of drug-likeness (QED) is 0.838. The fourth-order valence-electron chi connectivity index (χ4n) is 2.51. The summed E-state index contributed by atoms with van der Waals surface area (Å²) in [6.07, 6.45) is -2.76. The van der Waals surface area contributed by atoms with Crippen LogP contribution in [0, 0.1) is 5.92 Å². The number of halogens is 4. The molecule has 3 atom stereocenters. The Kier molecular flexibility index (Phi) is 4.97. The fourth-order valence-corrected chi connectivity index (χ4v) is 2.51. The molecule has 0 saturated carbocycles. The summed E-state index contributed by atoms with van der Waals surface area (Å²) >= 11 is 0. The molecule has 0 bridgehead atoms. The number of hydrogen-bond donors (Lipinski definition) is 2. The van der Waals surface area contributed by atoms with Crippen LogP contribution in [-0.2, 0) is 6.18 Å². The molecule has 0 saturated heterocycles. The Balaban J connectivity index is 2.24. The summed E-state index contributed by atoms with van der Waals surface area (Å²) in [4.78, 5) is 3.49. The van der Waals surface area contributed by atoms with Crippen molar-refractivity contribution < 1.29 is 22.7 Å². The van der Waals surface area contributed by atoms with Crippen LogP contribution in [0.25, 0.3) is 0 Å². The molecular weight excluding hydrogens is 300 g/mol. The first-order valence-corrected chi connectivity index (χ1v) is 6.74. The molecule has 0 fully saturated rings. The summed E-state index contributed by atoms with van der Waals surface area (Å²) in [5, 5.41) is 13.2. The van der Waals surface area contributed by atoms with Gasteiger partial charge in [-0.25, -0.2) is 4.99 Å². The second kappa shape index (κ2) is 6.58. The number of nitrogens with zero attached hydrogens (tertiary/aromatic N) is 1. The number of likely N-dealkylation sites (N-methyl/N-ethyl adjacent to an activating group) is 1. The molecule has 1 aromatic rings. The molecule has 2 N–H and O–H groups in total. The summed E-state index contributed by atoms with van der Waals surface area (Å²) in [5.74, 6) is -0.962. The van der Waals surface area contributed by atoms with Crippen molar-refractivity contribution in [2.24, 2.45) is 10.9 Å². The van der Waals surface area contributed by atoms with Crippen LogP contribution in [0.4, 0.5) is 17.6 Å². The highest BCUT2D eigenvalue weighted by Gasteiger charge is 2.33. The van der Waals surface area contributed by atoms with Gasteiger partial charge in [-0.1, -0.05) is 18.2 Å². The van der Waals surface area contributed by atoms with E-state index < -0.39 is 35.8 Å². The molecule has 1 aliphatic heterocycles. The van der Waals surface area contributed by atoms with E-state index in [4.69, 9.17) is 0 Å². The average molecular weight is 316 g/mol. The minimum atomic E-state index is -4.48. The van der Waals surface area contributed by atoms with E-state index in [9.17, 15) is 22.7 Å². The molecule has 0 radical (unpaired) electrons. The molecule has 120 valence electrons. The molecule has 0 amide bonds. The summed E-state index contributed by atoms with van der Waals surface area (Å²) < 4.78 is 51.5. The van der Waals surface area contributed by atoms with Crippen molar-refractivity contribution in [2.45, 2.75) is 24.7 Å². The van der Waals surface area contributed by atoms with Gasteiger partial charge in [-0.05, 0) is 24.7 Å². The highest BCUT2D eigenvalue weighted by atomic mass is 19.4. The van der Waals surface area contributed by atoms with Crippen LogP contribution in [0.1, 0.15) is 23.7 Å². The fraction of sp³-hybridized carbons (Fsp3) is 0.400. The maximum Gasteiger partial charge on any atom is 0.416 e. The minimum Gasteiger partial charge on any atom is -0.387 e. The van der Waals surface area contributed by atoms with Crippen LogP contribution in [0.5, 0.6) is 0 Å². The Morgan fingerprint density at radius 3 is 2.68 bits per heavy atom. The van der Waals surface area contributed by atoms with Crippen LogP contribution in [0.15, 0.2) is 41.5 Å². The van der Waals surface area contributed by atoms with E-state index in [2.05, 4.69) is 10.3 Å². The lowest BCUT2D eigenvalue weighted by Crippen LogP contribution is -2.39. The van der Waals surface area contributed by atoms with E-state index in [1.54, 1.807) is 13.1 Å². The molecule has 1 heterocycles. The van der Waals surface area contributed by atoms with Gasteiger partial charge in [0.25, 0.3) is 0 Å². The monoisotopic (exact) mass is 316 g/mol. The van der Waals surface area contributed by atoms with E-state index in [-0.39, 0.29) is 12.0 Å². The van der Waals surface area contributed by atoms with Crippen molar-refractivity contribution in [3.63, 3.8) is 0 Å². The standard InChI is InChI=1S/C15H16F4N2O/c1-20-13(9-5-6-21-12(16)8-9)14(22)10-3-2-4-11(7-10)15(17,18)19/h2-7,9,13-14,20,22H,8H2,1H3. The van der Waals surface area contributed by atoms with E-state index in [0.717, 1.165) is 12.1 Å². The normalized spacial score (nSPS) is 21.4. The summed E-state index contributed by atoms with van der Waals surface area (Å²) in [7, 11) is 1.57. The summed E-state index contributed by atoms with van der Waals surface area (Å²) in [6, 6.07) is 3.89. The van der Waals surface area contributed by atoms with E-state index in [1.165, 1.54) is 18.3 Å². The van der Waals surface area contributed by atoms with Gasteiger partial charge < -0.3 is 10.4 Å². The SMILES string of the molecule is CNC(C1C=CN=C(F)C1)C(O)c1cccc(C(F)(F)F)c1. The predicted molar refractivity (Wildman–Crippen MR) is 75.0 cm³/mol. The number of aliphatic imine (C=N–C) groups is 1. The highest BCUT2D eigenvalue weighted by Crippen LogP contribution is 2.33. The molecule has 1 aromatic carbocycles. The van der Waals surface area contributed by atoms with Gasteiger partial charge in [-0.2, -0.15) is 17.6 Å². The number of aliphatic hydroxyl groups excluding tert-OH is 1. The number of hydrogen-bond acceptors (Lipinski definition) is 3. The maximum absolute atomic E-state index is 13.3. The van der Waals surface area contributed by atoms with Crippen molar-refractivity contribution in [2.75, 3.05) is 7.05 Å². The van der Waals surface area contributed by atoms with Crippen LogP contribution in [0.3, 0.4) is 0 Å². The van der Waals surface area contributed by atoms with Gasteiger partial charge in [0.2, 0.25) is 0 Å². The predicted octanol–water partition coefficient (Wildman–Crippen LogP) is 3.23. The van der Waals surface area contributed by atoms with Gasteiger partial charge in [0.15, 0.2) is 5.97 Å². The zero-order valence-electron chi connectivity index (χ0n) is 11.8. The second-order valence-corrected chi connectivity index (χ2v) is 5.10. The number of rotatable bonds is 4. The molecule has 7 heteroatoms. The van der Waals surface area contributed by atoms with Gasteiger partial charge in [-0.15, -0.1) is 0 Å². The molecule has 2 rings (SSSR count). The zero-order chi connectivity index (χ0) is 16.3. The third-order valence-electron chi connectivity index (χ3n) is 3.64. The average Bonchev–Trinajstić information content (AvgIpc) is 2.47. The maximum atomic E-state index is 13.3. The lowest BCUT2D eigenvalue weighted by Gasteiger charge is -2.29. The lowest BCUT2D eigenvalue weighted by molar-refractivity contribution is -0.137. The molecule has 3 unspecified atom stereocenters. The first kappa shape index (κ1) is 16.6. The van der Waals surface area contributed by atoms with Gasteiger partial charge in [0.1, 0.15) is 0 Å². The van der Waals surface area contributed by atoms with Crippen molar-refractivity contribution in [3.05, 3.63) is 47.7 Å². The van der Waals surface area contributed by atoms with Crippen LogP contribution in [-0.4, -0.2) is 24.2 Å². The third-order valence-corrected chi connectivity index (χ3v) is 3.64. The minimum absolute atomic E-state index is 0.00196. The molecule has 1 aliphatic rings. The van der Waals surface area contributed by atoms with Crippen LogP contribution >= 0.6 is 0 Å². The highest BCUT2D eigenvalue weighted by molar-refractivity contribution is 5.76. The third kappa shape index (κ3) is 3.72. The Morgan fingerprint density at radius 2 is 2.09 bits per heavy atom. The second-order valence-electron chi connectivity index (χ2n) is 5.10. The Labute approximate surface area is 125 Å². The Bertz CT molecular complexity index is 583. The number of aliphatic hydroxyl groups is 1. The molecule has 0 aliphatic carbocycles. The van der Waals surface area contributed by atoms with E-state index >= 15 is 0 Å². The lowest BCUT2D eigenvalue weighted by atomic mass is 9.87. The van der Waals surface area contributed by atoms with Crippen LogP contribution < -0.4 is 5.32 Å². The summed E-state index contributed by atoms with van der Waals surface area (Å²) in [5.41, 5.74) is -0.698. The zero-order valence-corrected chi connectivity index (χ0v) is 11.8. The van der Waals surface area contributed by atoms with Crippen molar-refractivity contribution >= 4 is 5.97 Å². The van der Waals surface area contributed by atoms with E-state index in [0.29, 0.717) is 0 Å². The molecule has 0 spiro atoms. The topological polar surface area (TPSA) is 44.6 Å². The van der Waals surface area contributed by atoms with E-state index in [1.807, 2.05) is 0 Å². The Hall–Kier alpha value is -1.73. The van der Waals surface area contributed by atoms with Crippen molar-refractivity contribution in [3.8, 4) is 0 Å². The first-order valence-electron chi connectivity index (χ1n) is 6.74. The molecule has 3 nitrogen and oxygen atoms in total. The van der Waals surface area contributed by atoms with Crippen molar-refractivity contribution in [1.82, 2.24) is 5.32 Å².